The first-order chi connectivity index (χ1) is 65.8. The zero-order chi connectivity index (χ0) is 104. The van der Waals surface area contributed by atoms with Gasteiger partial charge < -0.3 is 103 Å². The van der Waals surface area contributed by atoms with E-state index in [1.165, 1.54) is 27.0 Å². The maximum atomic E-state index is 14.6. The number of aryl methyl sites for hydroxylation is 2. The predicted octanol–water partition coefficient (Wildman–Crippen LogP) is 10.9. The van der Waals surface area contributed by atoms with Crippen LogP contribution in [0.5, 0.6) is 0 Å². The Balaban J connectivity index is 0.000000314. The fourth-order valence-electron chi connectivity index (χ4n) is 20.3. The number of amides is 5. The summed E-state index contributed by atoms with van der Waals surface area (Å²) in [6.45, 7) is 42.8. The molecule has 6 saturated heterocycles. The number of cyclic esters (lactones) is 2. The van der Waals surface area contributed by atoms with E-state index in [4.69, 9.17) is 67.3 Å². The van der Waals surface area contributed by atoms with Crippen molar-refractivity contribution in [1.82, 2.24) is 65.5 Å². The summed E-state index contributed by atoms with van der Waals surface area (Å²) in [5.41, 5.74) is 3.84. The van der Waals surface area contributed by atoms with Gasteiger partial charge in [-0.15, -0.1) is 10.2 Å². The molecule has 40 heteroatoms. The van der Waals surface area contributed by atoms with Crippen molar-refractivity contribution in [3.63, 3.8) is 0 Å². The van der Waals surface area contributed by atoms with Crippen LogP contribution in [-0.2, 0) is 93.8 Å². The number of hydrogen-bond donors (Lipinski definition) is 8. The first-order valence-corrected chi connectivity index (χ1v) is 49.4. The molecule has 0 aliphatic carbocycles. The molecule has 0 saturated carbocycles. The molecular weight excluding hydrogens is 1810 g/mol. The number of hydrogen-bond acceptors (Lipinski definition) is 33. The maximum absolute atomic E-state index is 14.6. The van der Waals surface area contributed by atoms with E-state index in [2.05, 4.69) is 60.7 Å². The normalized spacial score (nSPS) is 32.6. The molecule has 2 aromatic heterocycles. The largest absolute Gasteiger partial charge is 0.458 e. The van der Waals surface area contributed by atoms with Crippen molar-refractivity contribution in [2.45, 2.75) is 347 Å². The van der Waals surface area contributed by atoms with Gasteiger partial charge in [-0.05, 0) is 239 Å². The van der Waals surface area contributed by atoms with Gasteiger partial charge in [-0.1, -0.05) is 88.9 Å². The number of esters is 2. The second kappa shape index (κ2) is 49.7. The summed E-state index contributed by atoms with van der Waals surface area (Å²) in [4.78, 5) is 130. The van der Waals surface area contributed by atoms with Crippen LogP contribution in [0.3, 0.4) is 0 Å². The van der Waals surface area contributed by atoms with Crippen molar-refractivity contribution in [3.8, 4) is 22.5 Å². The number of rotatable bonds is 29. The Kier molecular flexibility index (Phi) is 40.5. The Morgan fingerprint density at radius 2 is 0.971 bits per heavy atom. The number of aliphatic hydroxyl groups is 2. The third kappa shape index (κ3) is 29.2. The number of aliphatic hydroxyl groups excluding tert-OH is 2. The number of unbranched alkanes of at least 4 members (excludes halogenated alkanes) is 2. The Labute approximate surface area is 825 Å². The number of nitrogens with zero attached hydrogens (tertiary/aromatic N) is 10. The molecule has 0 radical (unpaired) electrons. The highest BCUT2D eigenvalue weighted by Gasteiger charge is 2.62. The van der Waals surface area contributed by atoms with Crippen LogP contribution in [0.25, 0.3) is 22.5 Å². The predicted molar refractivity (Wildman–Crippen MR) is 522 cm³/mol. The Morgan fingerprint density at radius 3 is 1.34 bits per heavy atom. The maximum Gasteiger partial charge on any atom is 0.412 e. The number of likely N-dealkylation sites (N-methyl/N-ethyl adjacent to an activating group) is 2. The minimum atomic E-state index is -1.31. The number of nitrogens with two attached hydrogens (primary N) is 1. The van der Waals surface area contributed by atoms with Gasteiger partial charge in [0.1, 0.15) is 65.4 Å². The Bertz CT molecular complexity index is 4780. The number of Topliss-reactive ketones (excluding diaryl/α,β-unsaturated/α-hetero) is 2. The number of fused-ring (bicyclic) bond motifs is 2. The summed E-state index contributed by atoms with van der Waals surface area (Å²) in [7, 11) is 10.5. The number of anilines is 2. The molecule has 40 nitrogen and oxygen atoms in total. The van der Waals surface area contributed by atoms with E-state index in [1.807, 2.05) is 123 Å². The molecule has 6 aliphatic heterocycles. The van der Waals surface area contributed by atoms with E-state index < -0.39 is 191 Å². The van der Waals surface area contributed by atoms with Gasteiger partial charge in [0.2, 0.25) is 0 Å². The molecule has 26 atom stereocenters. The Morgan fingerprint density at radius 1 is 0.586 bits per heavy atom. The standard InChI is InChI=1S/C52H82N8O13.C48H78N8O11/c1-15-24-68-47(64)54-29-37-26-39(58(12)13)42(62)46(69-37)71-44-32(4)41(61)33(5)45(63)70-40(16-2)52(11)43(34(6)53-28-31(3)27-51(44,10)67-14)60(49(66)73-52)23-18-17-22-59-30-38(56-57-59)35-20-19-21-36(25-35)55-48(65)72-50(7,8)9;1-14-37-48(10)40(56(45(61)67-48)21-16-15-20-55-27-35(52-53-55)32-18-17-19-33(22-32)51-44(60)66-46(6,7)8)31(5)50-26-28(2)24-47(9,62-13)41(29(3)38(57)30(4)42(59)64-37)65-43-39(58)36(54(11)12)23-34(25-49)63-43/h15,19-21,25,30-34,37,39-40,42-44,46,53,62H,1,16-18,22-24,26-29H2,2-14H3,(H,54,64)(H,55,65);17-19,22,27-31,34,36-37,39-41,43,50,58H,14-16,20-21,23-26,49H2,1-13H3,(H,51,60)/t31-,32+,33-,34-,37?,39?,40-,42?,43-,44-,46+,51-,52-;28-,29+,30-,31-,34?,36?,37-,39?,40-,41-,43+,47-,48-/m11/s1. The molecule has 4 aromatic rings. The zero-order valence-electron chi connectivity index (χ0n) is 87.1. The lowest BCUT2D eigenvalue weighted by molar-refractivity contribution is -0.296. The summed E-state index contributed by atoms with van der Waals surface area (Å²) in [5, 5.41) is 56.2. The molecule has 8 heterocycles. The number of ketones is 2. The van der Waals surface area contributed by atoms with Crippen molar-refractivity contribution in [2.75, 3.05) is 98.9 Å². The number of nitrogens with one attached hydrogen (secondary N) is 5. The van der Waals surface area contributed by atoms with Gasteiger partial charge >= 0.3 is 42.4 Å². The molecule has 10 rings (SSSR count). The molecule has 0 bridgehead atoms. The van der Waals surface area contributed by atoms with Crippen LogP contribution >= 0.6 is 0 Å². The molecule has 6 unspecified atom stereocenters. The fourth-order valence-corrected chi connectivity index (χ4v) is 20.3. The van der Waals surface area contributed by atoms with Crippen LogP contribution in [0, 0.1) is 35.5 Å². The lowest BCUT2D eigenvalue weighted by Gasteiger charge is -2.47. The summed E-state index contributed by atoms with van der Waals surface area (Å²) in [6, 6.07) is 11.9. The molecule has 6 fully saturated rings. The van der Waals surface area contributed by atoms with E-state index in [1.54, 1.807) is 120 Å². The van der Waals surface area contributed by atoms with Gasteiger partial charge in [-0.3, -0.25) is 49.0 Å². The van der Waals surface area contributed by atoms with Gasteiger partial charge in [0.25, 0.3) is 0 Å². The second-order valence-electron chi connectivity index (χ2n) is 41.9. The minimum Gasteiger partial charge on any atom is -0.458 e. The highest BCUT2D eigenvalue weighted by Crippen LogP contribution is 2.45. The van der Waals surface area contributed by atoms with Crippen LogP contribution in [0.4, 0.5) is 35.3 Å². The number of methoxy groups -OCH3 is 2. The van der Waals surface area contributed by atoms with Crippen molar-refractivity contribution < 1.29 is 115 Å². The van der Waals surface area contributed by atoms with E-state index in [-0.39, 0.29) is 56.1 Å². The lowest BCUT2D eigenvalue weighted by atomic mass is 9.78. The van der Waals surface area contributed by atoms with Crippen molar-refractivity contribution in [2.24, 2.45) is 41.2 Å². The summed E-state index contributed by atoms with van der Waals surface area (Å²) < 4.78 is 82.8. The Hall–Kier alpha value is -9.43. The molecule has 5 amide bonds. The smallest absolute Gasteiger partial charge is 0.412 e. The average molecular weight is 1970 g/mol. The van der Waals surface area contributed by atoms with Crippen LogP contribution in [0.15, 0.2) is 73.6 Å². The summed E-state index contributed by atoms with van der Waals surface area (Å²) in [6.07, 6.45) is -2.41. The van der Waals surface area contributed by atoms with E-state index in [0.717, 1.165) is 11.1 Å². The molecule has 2 aromatic carbocycles. The molecule has 140 heavy (non-hydrogen) atoms. The topological polar surface area (TPSA) is 475 Å². The quantitative estimate of drug-likeness (QED) is 0.00823. The highest BCUT2D eigenvalue weighted by molar-refractivity contribution is 6.01. The van der Waals surface area contributed by atoms with Gasteiger partial charge in [-0.2, -0.15) is 0 Å². The zero-order valence-corrected chi connectivity index (χ0v) is 87.1. The van der Waals surface area contributed by atoms with Crippen LogP contribution in [0.2, 0.25) is 0 Å². The van der Waals surface area contributed by atoms with E-state index >= 15 is 0 Å². The molecule has 0 spiro atoms. The molecule has 784 valence electrons. The van der Waals surface area contributed by atoms with Crippen LogP contribution in [-0.4, -0.2) is 333 Å². The van der Waals surface area contributed by atoms with Crippen molar-refractivity contribution in [1.29, 1.82) is 0 Å². The highest BCUT2D eigenvalue weighted by atomic mass is 16.7. The molecule has 6 aliphatic rings. The number of aromatic nitrogens is 6. The van der Waals surface area contributed by atoms with Gasteiger partial charge in [-0.25, -0.2) is 24.0 Å². The van der Waals surface area contributed by atoms with Crippen molar-refractivity contribution >= 4 is 65.3 Å². The minimum absolute atomic E-state index is 0.0302. The van der Waals surface area contributed by atoms with Gasteiger partial charge in [0.05, 0.1) is 60.1 Å². The van der Waals surface area contributed by atoms with Gasteiger partial charge in [0.15, 0.2) is 35.3 Å². The van der Waals surface area contributed by atoms with Crippen LogP contribution < -0.4 is 32.3 Å². The lowest BCUT2D eigenvalue weighted by Crippen LogP contribution is -2.61. The number of carbonyl (C=O) groups excluding carboxylic acids is 9. The number of benzene rings is 2. The summed E-state index contributed by atoms with van der Waals surface area (Å²) >= 11 is 0. The molecular formula is C100H160N16O24. The third-order valence-corrected chi connectivity index (χ3v) is 27.7. The fraction of sp³-hybridized carbons (Fsp3) is 0.730. The van der Waals surface area contributed by atoms with Crippen LogP contribution in [0.1, 0.15) is 203 Å². The number of alkyl carbamates (subject to hydrolysis) is 1. The van der Waals surface area contributed by atoms with Crippen molar-refractivity contribution in [3.05, 3.63) is 73.6 Å². The summed E-state index contributed by atoms with van der Waals surface area (Å²) in [5.74, 6) is -6.98. The van der Waals surface area contributed by atoms with Gasteiger partial charge in [0, 0.05) is 112 Å². The second-order valence-corrected chi connectivity index (χ2v) is 41.9. The monoisotopic (exact) mass is 1970 g/mol. The number of carbonyl (C=O) groups is 9. The first-order valence-electron chi connectivity index (χ1n) is 49.4. The van der Waals surface area contributed by atoms with E-state index in [0.29, 0.717) is 120 Å². The third-order valence-electron chi connectivity index (χ3n) is 27.7. The SMILES string of the molecule is C=CCOC(=O)NCC1CC(N(C)C)C(O)[C@H](O[C@@H]2[C@@H](C)C(=O)[C@@H](C)C(=O)O[C@H](CC)[C@@]3(C)OC(=O)N(CCCCn4cc(-c5cccc(NC(=O)OC(C)(C)C)c5)nn4)[C@@H]3[C@@H](C)NC[C@H](C)C[C@@]2(C)OC)O1.CC[C@H]1OC(=O)[C@H](C)C(=O)[C@H](C)[C@@H](O[C@@H]2OC(CN)CC(N(C)C)C2O)[C@](C)(OC)C[C@@H](C)CN[C@H](C)[C@H]2N(CCCCn3cc(-c4cccc(NC(=O)OC(C)(C)C)c4)nn3)C(=O)O[C@]12C. The first kappa shape index (κ1) is 114. The average Bonchev–Trinajstić information content (AvgIpc) is 1.59. The number of ether oxygens (including phenoxy) is 13. The molecule has 9 N–H and O–H groups in total. The van der Waals surface area contributed by atoms with E-state index in [9.17, 15) is 53.4 Å².